The second kappa shape index (κ2) is 4.84. The highest BCUT2D eigenvalue weighted by atomic mass is 31.5. The van der Waals surface area contributed by atoms with Crippen molar-refractivity contribution < 1.29 is 0 Å². The SMILES string of the molecule is CC(C)(C)C12P3C4(C(C)(C)C)P1C1(C(C)(C)C)P2C3(C(C)(C)C)[P+]41C[Si](C)(C)C. The highest BCUT2D eigenvalue weighted by Crippen LogP contribution is 3.59. The Morgan fingerprint density at radius 3 is 1.00 bits per heavy atom. The molecule has 5 heteroatoms. The Morgan fingerprint density at radius 2 is 0.828 bits per heavy atom. The summed E-state index contributed by atoms with van der Waals surface area (Å²) >= 11 is 0. The van der Waals surface area contributed by atoms with Crippen LogP contribution < -0.4 is 0 Å². The van der Waals surface area contributed by atoms with E-state index >= 15 is 0 Å². The summed E-state index contributed by atoms with van der Waals surface area (Å²) in [6.07, 6.45) is 0. The minimum atomic E-state index is -1.13. The largest absolute Gasteiger partial charge is 0.133 e. The molecule has 0 atom stereocenters. The molecule has 0 aromatic heterocycles. The molecule has 0 spiro atoms. The van der Waals surface area contributed by atoms with Crippen LogP contribution in [0.15, 0.2) is 0 Å². The van der Waals surface area contributed by atoms with Gasteiger partial charge in [-0.25, -0.2) is 0 Å². The molecular formula is C24H47P4Si+. The van der Waals surface area contributed by atoms with Crippen molar-refractivity contribution in [2.45, 2.75) is 121 Å². The van der Waals surface area contributed by atoms with E-state index in [0.29, 0.717) is 21.7 Å². The van der Waals surface area contributed by atoms with E-state index in [1.807, 2.05) is 0 Å². The van der Waals surface area contributed by atoms with E-state index in [4.69, 9.17) is 0 Å². The maximum atomic E-state index is 2.71. The molecule has 0 amide bonds. The summed E-state index contributed by atoms with van der Waals surface area (Å²) in [4.78, 5) is 0. The van der Waals surface area contributed by atoms with Crippen LogP contribution in [0.5, 0.6) is 0 Å². The second-order valence-corrected chi connectivity index (χ2v) is 38.4. The first-order valence-electron chi connectivity index (χ1n) is 11.9. The zero-order chi connectivity index (χ0) is 22.4. The van der Waals surface area contributed by atoms with E-state index in [1.54, 1.807) is 5.79 Å². The van der Waals surface area contributed by atoms with E-state index < -0.39 is 15.3 Å². The molecule has 6 heterocycles. The molecule has 6 saturated heterocycles. The van der Waals surface area contributed by atoms with Crippen LogP contribution in [0.3, 0.4) is 0 Å². The molecule has 0 N–H and O–H groups in total. The first-order valence-corrected chi connectivity index (χ1v) is 21.6. The van der Waals surface area contributed by atoms with Gasteiger partial charge in [0.1, 0.15) is 13.9 Å². The predicted molar refractivity (Wildman–Crippen MR) is 145 cm³/mol. The molecule has 0 aromatic rings. The van der Waals surface area contributed by atoms with Crippen LogP contribution in [0.2, 0.25) is 19.6 Å². The third-order valence-corrected chi connectivity index (χ3v) is 48.6. The summed E-state index contributed by atoms with van der Waals surface area (Å²) in [5, 5.41) is 0. The molecule has 6 aliphatic heterocycles. The fraction of sp³-hybridized carbons (Fsp3) is 1.00. The van der Waals surface area contributed by atoms with Gasteiger partial charge in [0.05, 0.1) is 25.8 Å². The molecule has 6 rings (SSSR count). The van der Waals surface area contributed by atoms with Crippen LogP contribution in [0.4, 0.5) is 0 Å². The molecule has 6 fully saturated rings. The van der Waals surface area contributed by atoms with Gasteiger partial charge in [-0.2, -0.15) is 0 Å². The summed E-state index contributed by atoms with van der Waals surface area (Å²) in [5.41, 5.74) is 2.16. The number of rotatable bonds is 2. The minimum Gasteiger partial charge on any atom is -0.0663 e. The van der Waals surface area contributed by atoms with Crippen molar-refractivity contribution in [1.82, 2.24) is 0 Å². The van der Waals surface area contributed by atoms with Crippen LogP contribution in [0.25, 0.3) is 0 Å². The Bertz CT molecular complexity index is 725. The van der Waals surface area contributed by atoms with Gasteiger partial charge >= 0.3 is 0 Å². The Morgan fingerprint density at radius 1 is 0.552 bits per heavy atom. The Kier molecular flexibility index (Phi) is 3.79. The summed E-state index contributed by atoms with van der Waals surface area (Å²) in [5.74, 6) is 1.72. The fourth-order valence-electron chi connectivity index (χ4n) is 9.74. The lowest BCUT2D eigenvalue weighted by Gasteiger charge is -3.20. The Balaban J connectivity index is 1.84. The topological polar surface area (TPSA) is 0 Å². The van der Waals surface area contributed by atoms with E-state index in [-0.39, 0.29) is 23.8 Å². The van der Waals surface area contributed by atoms with Crippen molar-refractivity contribution >= 4 is 39.1 Å². The Labute approximate surface area is 187 Å². The van der Waals surface area contributed by atoms with Gasteiger partial charge in [-0.3, -0.25) is 0 Å². The summed E-state index contributed by atoms with van der Waals surface area (Å²) in [6.45, 7) is 40.4. The van der Waals surface area contributed by atoms with E-state index in [9.17, 15) is 0 Å². The summed E-state index contributed by atoms with van der Waals surface area (Å²) in [7, 11) is -1.47. The first-order chi connectivity index (χ1) is 12.6. The lowest BCUT2D eigenvalue weighted by Crippen LogP contribution is -3.05. The predicted octanol–water partition coefficient (Wildman–Crippen LogP) is 10.2. The van der Waals surface area contributed by atoms with Gasteiger partial charge in [0.15, 0.2) is 0 Å². The molecule has 0 saturated carbocycles. The van der Waals surface area contributed by atoms with Crippen molar-refractivity contribution in [3.05, 3.63) is 0 Å². The zero-order valence-corrected chi connectivity index (χ0v) is 26.6. The van der Waals surface area contributed by atoms with Crippen molar-refractivity contribution in [2.75, 3.05) is 5.79 Å². The van der Waals surface area contributed by atoms with Gasteiger partial charge in [0.25, 0.3) is 0 Å². The monoisotopic (exact) mass is 487 g/mol. The van der Waals surface area contributed by atoms with Crippen molar-refractivity contribution in [3.63, 3.8) is 0 Å². The van der Waals surface area contributed by atoms with Crippen molar-refractivity contribution in [3.8, 4) is 0 Å². The first kappa shape index (κ1) is 22.7. The van der Waals surface area contributed by atoms with Crippen LogP contribution in [0.1, 0.15) is 83.1 Å². The highest BCUT2D eigenvalue weighted by molar-refractivity contribution is 8.57. The molecule has 0 nitrogen and oxygen atoms in total. The smallest absolute Gasteiger partial charge is 0.0663 e. The quantitative estimate of drug-likeness (QED) is 0.268. The van der Waals surface area contributed by atoms with Crippen LogP contribution in [-0.2, 0) is 0 Å². The molecule has 0 aromatic carbocycles. The molecule has 0 radical (unpaired) electrons. The summed E-state index contributed by atoms with van der Waals surface area (Å²) < 4.78 is 3.42. The van der Waals surface area contributed by atoms with Gasteiger partial charge in [0, 0.05) is 40.0 Å². The van der Waals surface area contributed by atoms with Gasteiger partial charge < -0.3 is 0 Å². The van der Waals surface area contributed by atoms with Crippen LogP contribution in [-0.4, -0.2) is 32.4 Å². The van der Waals surface area contributed by atoms with Gasteiger partial charge in [-0.05, 0) is 5.41 Å². The van der Waals surface area contributed by atoms with Gasteiger partial charge in [0.2, 0.25) is 0 Å². The van der Waals surface area contributed by atoms with E-state index in [2.05, 4.69) is 103 Å². The maximum absolute atomic E-state index is 2.71. The standard InChI is InChI=1S/C24H47P4Si/c1-17(2,3)21-25-22(18(4,5)6)26(21)24(20(10,11)12)27(21)23(25,19(7,8)9)28(22,24)16-29(13,14)15/h16H2,1-15H3/q+1. The Hall–Kier alpha value is 1.94. The minimum absolute atomic E-state index is 0.209. The third kappa shape index (κ3) is 1.50. The van der Waals surface area contributed by atoms with Crippen LogP contribution >= 0.6 is 31.0 Å². The van der Waals surface area contributed by atoms with Gasteiger partial charge in [-0.15, -0.1) is 0 Å². The molecular weight excluding hydrogens is 440 g/mol. The number of hydrogen-bond acceptors (Lipinski definition) is 0. The molecule has 166 valence electrons. The van der Waals surface area contributed by atoms with E-state index in [1.165, 1.54) is 0 Å². The van der Waals surface area contributed by atoms with Crippen molar-refractivity contribution in [1.29, 1.82) is 0 Å². The second-order valence-electron chi connectivity index (χ2n) is 16.1. The maximum Gasteiger partial charge on any atom is 0.133 e. The molecule has 29 heavy (non-hydrogen) atoms. The third-order valence-electron chi connectivity index (χ3n) is 9.14. The van der Waals surface area contributed by atoms with E-state index in [0.717, 1.165) is 18.6 Å². The van der Waals surface area contributed by atoms with Crippen molar-refractivity contribution in [2.24, 2.45) is 21.7 Å². The normalized spacial score (nSPS) is 54.5. The molecule has 0 aliphatic carbocycles. The lowest BCUT2D eigenvalue weighted by atomic mass is 9.95. The number of hydrogen-bond donors (Lipinski definition) is 0. The zero-order valence-electron chi connectivity index (χ0n) is 22.0. The average Bonchev–Trinajstić information content (AvgIpc) is 2.39. The molecule has 6 aliphatic rings. The van der Waals surface area contributed by atoms with Gasteiger partial charge in [-0.1, -0.05) is 103 Å². The average molecular weight is 488 g/mol. The fourth-order valence-corrected chi connectivity index (χ4v) is 75.6. The molecule has 0 bridgehead atoms. The summed E-state index contributed by atoms with van der Waals surface area (Å²) in [6, 6.07) is 0. The lowest BCUT2D eigenvalue weighted by molar-refractivity contribution is 0.233. The van der Waals surface area contributed by atoms with Crippen LogP contribution in [0, 0.1) is 21.7 Å². The molecule has 0 unspecified atom stereocenters. The highest BCUT2D eigenvalue weighted by Gasteiger charge is 3.34.